The number of carbonyl (C=O) groups is 1. The number of nitrogens with zero attached hydrogens (tertiary/aromatic N) is 7. The molecular formula is C24H27N7O. The Morgan fingerprint density at radius 3 is 2.94 bits per heavy atom. The zero-order valence-corrected chi connectivity index (χ0v) is 18.7. The van der Waals surface area contributed by atoms with Crippen LogP contribution in [0.1, 0.15) is 45.6 Å². The molecule has 8 heteroatoms. The standard InChI is InChI=1S/C24H27N7O/c1-24(2,3)11-22(32)30-10-4-5-18(15-30)13-27-20-8-9-26-23(29-20)19-14-28-21-7-6-17(12-25)16-31(19)21/h6-9,13-14,16,18H,4-5,10-11,15H2,1-3H3. The van der Waals surface area contributed by atoms with E-state index in [0.717, 1.165) is 25.0 Å². The maximum absolute atomic E-state index is 12.6. The van der Waals surface area contributed by atoms with E-state index in [1.165, 1.54) is 0 Å². The van der Waals surface area contributed by atoms with E-state index in [4.69, 9.17) is 0 Å². The van der Waals surface area contributed by atoms with Gasteiger partial charge in [-0.2, -0.15) is 5.26 Å². The number of imidazole rings is 1. The van der Waals surface area contributed by atoms with E-state index < -0.39 is 0 Å². The Bertz CT molecular complexity index is 1200. The molecule has 1 atom stereocenters. The van der Waals surface area contributed by atoms with Crippen LogP contribution in [0.4, 0.5) is 5.82 Å². The maximum Gasteiger partial charge on any atom is 0.223 e. The molecule has 1 aliphatic rings. The molecule has 1 fully saturated rings. The summed E-state index contributed by atoms with van der Waals surface area (Å²) in [6, 6.07) is 7.42. The third-order valence-corrected chi connectivity index (χ3v) is 5.41. The molecule has 0 aliphatic carbocycles. The summed E-state index contributed by atoms with van der Waals surface area (Å²) >= 11 is 0. The SMILES string of the molecule is CC(C)(C)CC(=O)N1CCCC(C=Nc2ccnc(-c3cnc4ccc(C#N)cn34)n2)C1. The van der Waals surface area contributed by atoms with Gasteiger partial charge in [-0.15, -0.1) is 0 Å². The molecule has 4 rings (SSSR count). The number of rotatable bonds is 4. The van der Waals surface area contributed by atoms with Crippen LogP contribution in [0.25, 0.3) is 17.2 Å². The van der Waals surface area contributed by atoms with E-state index in [-0.39, 0.29) is 17.2 Å². The summed E-state index contributed by atoms with van der Waals surface area (Å²) in [6.07, 6.45) is 9.53. The molecular weight excluding hydrogens is 402 g/mol. The van der Waals surface area contributed by atoms with Crippen molar-refractivity contribution in [3.63, 3.8) is 0 Å². The van der Waals surface area contributed by atoms with Gasteiger partial charge in [0.25, 0.3) is 0 Å². The Balaban J connectivity index is 1.50. The van der Waals surface area contributed by atoms with Gasteiger partial charge in [-0.25, -0.2) is 19.9 Å². The number of hydrogen-bond acceptors (Lipinski definition) is 6. The third-order valence-electron chi connectivity index (χ3n) is 5.41. The van der Waals surface area contributed by atoms with Gasteiger partial charge < -0.3 is 4.90 Å². The van der Waals surface area contributed by atoms with Gasteiger partial charge in [0.05, 0.1) is 11.8 Å². The van der Waals surface area contributed by atoms with Crippen molar-refractivity contribution < 1.29 is 4.79 Å². The van der Waals surface area contributed by atoms with Gasteiger partial charge in [-0.3, -0.25) is 9.20 Å². The zero-order chi connectivity index (χ0) is 22.7. The first-order chi connectivity index (χ1) is 15.3. The minimum Gasteiger partial charge on any atom is -0.342 e. The van der Waals surface area contributed by atoms with E-state index in [0.29, 0.717) is 35.9 Å². The van der Waals surface area contributed by atoms with Crippen LogP contribution in [0.5, 0.6) is 0 Å². The number of aromatic nitrogens is 4. The average Bonchev–Trinajstić information content (AvgIpc) is 3.20. The number of aliphatic imine (C=N–C) groups is 1. The number of piperidine rings is 1. The van der Waals surface area contributed by atoms with E-state index >= 15 is 0 Å². The largest absolute Gasteiger partial charge is 0.342 e. The van der Waals surface area contributed by atoms with Crippen LogP contribution in [0.3, 0.4) is 0 Å². The molecule has 3 aromatic heterocycles. The first-order valence-electron chi connectivity index (χ1n) is 10.8. The van der Waals surface area contributed by atoms with Crippen LogP contribution in [0, 0.1) is 22.7 Å². The lowest BCUT2D eigenvalue weighted by molar-refractivity contribution is -0.134. The van der Waals surface area contributed by atoms with Crippen molar-refractivity contribution in [3.8, 4) is 17.6 Å². The summed E-state index contributed by atoms with van der Waals surface area (Å²) in [5, 5.41) is 9.18. The van der Waals surface area contributed by atoms with Crippen LogP contribution in [-0.4, -0.2) is 49.5 Å². The summed E-state index contributed by atoms with van der Waals surface area (Å²) in [5.41, 5.74) is 1.94. The second-order valence-corrected chi connectivity index (χ2v) is 9.40. The van der Waals surface area contributed by atoms with E-state index in [2.05, 4.69) is 46.8 Å². The highest BCUT2D eigenvalue weighted by atomic mass is 16.2. The molecule has 1 unspecified atom stereocenters. The van der Waals surface area contributed by atoms with Crippen molar-refractivity contribution in [2.24, 2.45) is 16.3 Å². The Hall–Kier alpha value is -3.60. The molecule has 0 spiro atoms. The van der Waals surface area contributed by atoms with Crippen molar-refractivity contribution in [2.45, 2.75) is 40.0 Å². The minimum absolute atomic E-state index is 0.0126. The number of fused-ring (bicyclic) bond motifs is 1. The molecule has 0 bridgehead atoms. The fourth-order valence-electron chi connectivity index (χ4n) is 3.86. The fraction of sp³-hybridized carbons (Fsp3) is 0.417. The van der Waals surface area contributed by atoms with Gasteiger partial charge in [-0.05, 0) is 30.4 Å². The molecule has 164 valence electrons. The first-order valence-corrected chi connectivity index (χ1v) is 10.8. The minimum atomic E-state index is -0.0126. The molecule has 0 radical (unpaired) electrons. The number of likely N-dealkylation sites (tertiary alicyclic amines) is 1. The van der Waals surface area contributed by atoms with Crippen LogP contribution >= 0.6 is 0 Å². The van der Waals surface area contributed by atoms with Crippen molar-refractivity contribution in [1.29, 1.82) is 5.26 Å². The third kappa shape index (κ3) is 4.99. The van der Waals surface area contributed by atoms with Crippen LogP contribution in [0.2, 0.25) is 0 Å². The average molecular weight is 430 g/mol. The van der Waals surface area contributed by atoms with Crippen molar-refractivity contribution >= 4 is 23.6 Å². The molecule has 32 heavy (non-hydrogen) atoms. The molecule has 0 N–H and O–H groups in total. The summed E-state index contributed by atoms with van der Waals surface area (Å²) in [4.78, 5) is 32.5. The van der Waals surface area contributed by atoms with Gasteiger partial charge in [-0.1, -0.05) is 20.8 Å². The number of pyridine rings is 1. The predicted molar refractivity (Wildman–Crippen MR) is 122 cm³/mol. The Morgan fingerprint density at radius 2 is 2.16 bits per heavy atom. The molecule has 1 amide bonds. The fourth-order valence-corrected chi connectivity index (χ4v) is 3.86. The molecule has 3 aromatic rings. The van der Waals surface area contributed by atoms with Crippen LogP contribution in [-0.2, 0) is 4.79 Å². The Morgan fingerprint density at radius 1 is 1.31 bits per heavy atom. The highest BCUT2D eigenvalue weighted by molar-refractivity contribution is 5.77. The molecule has 0 saturated carbocycles. The second-order valence-electron chi connectivity index (χ2n) is 9.40. The summed E-state index contributed by atoms with van der Waals surface area (Å²) in [5.74, 6) is 1.47. The van der Waals surface area contributed by atoms with E-state index in [1.807, 2.05) is 11.1 Å². The van der Waals surface area contributed by atoms with Gasteiger partial charge in [0.15, 0.2) is 11.6 Å². The molecule has 1 saturated heterocycles. The lowest BCUT2D eigenvalue weighted by atomic mass is 9.90. The Labute approximate surface area is 187 Å². The molecule has 4 heterocycles. The number of nitriles is 1. The van der Waals surface area contributed by atoms with Crippen molar-refractivity contribution in [2.75, 3.05) is 13.1 Å². The number of hydrogen-bond donors (Lipinski definition) is 0. The monoisotopic (exact) mass is 429 g/mol. The smallest absolute Gasteiger partial charge is 0.223 e. The van der Waals surface area contributed by atoms with Gasteiger partial charge in [0.2, 0.25) is 5.91 Å². The first kappa shape index (κ1) is 21.6. The summed E-state index contributed by atoms with van der Waals surface area (Å²) < 4.78 is 1.81. The second kappa shape index (κ2) is 8.87. The normalized spacial score (nSPS) is 17.1. The van der Waals surface area contributed by atoms with Crippen LogP contribution < -0.4 is 0 Å². The van der Waals surface area contributed by atoms with Crippen molar-refractivity contribution in [3.05, 3.63) is 42.4 Å². The molecule has 8 nitrogen and oxygen atoms in total. The van der Waals surface area contributed by atoms with Gasteiger partial charge >= 0.3 is 0 Å². The van der Waals surface area contributed by atoms with Crippen LogP contribution in [0.15, 0.2) is 41.8 Å². The zero-order valence-electron chi connectivity index (χ0n) is 18.7. The lowest BCUT2D eigenvalue weighted by Gasteiger charge is -2.33. The number of carbonyl (C=O) groups excluding carboxylic acids is 1. The van der Waals surface area contributed by atoms with E-state index in [1.54, 1.807) is 41.2 Å². The number of amides is 1. The summed E-state index contributed by atoms with van der Waals surface area (Å²) in [7, 11) is 0. The van der Waals surface area contributed by atoms with E-state index in [9.17, 15) is 10.1 Å². The quantitative estimate of drug-likeness (QED) is 0.583. The highest BCUT2D eigenvalue weighted by Gasteiger charge is 2.25. The topological polar surface area (TPSA) is 99.5 Å². The van der Waals surface area contributed by atoms with Gasteiger partial charge in [0, 0.05) is 50.1 Å². The maximum atomic E-state index is 12.6. The van der Waals surface area contributed by atoms with Gasteiger partial charge in [0.1, 0.15) is 17.4 Å². The highest BCUT2D eigenvalue weighted by Crippen LogP contribution is 2.24. The summed E-state index contributed by atoms with van der Waals surface area (Å²) in [6.45, 7) is 7.78. The van der Waals surface area contributed by atoms with Crippen molar-refractivity contribution in [1.82, 2.24) is 24.3 Å². The Kier molecular flexibility index (Phi) is 5.99. The lowest BCUT2D eigenvalue weighted by Crippen LogP contribution is -2.41. The predicted octanol–water partition coefficient (Wildman–Crippen LogP) is 4.04. The molecule has 0 aromatic carbocycles. The molecule has 1 aliphatic heterocycles.